The smallest absolute Gasteiger partial charge is 0.311 e. The lowest BCUT2D eigenvalue weighted by atomic mass is 9.88. The highest BCUT2D eigenvalue weighted by Gasteiger charge is 2.49. The second-order valence-electron chi connectivity index (χ2n) is 9.27. The van der Waals surface area contributed by atoms with E-state index in [-0.39, 0.29) is 23.6 Å². The standard InChI is InChI=1S/C25H32N2O5S/c1-16-10-9-11-17(2)20(16)19(24(29)30)14-15-26-21-22(18-12-7-6-8-13-18)33(31,32)27(23(21)28)25(3,4)5/h6-13,19,26,31-32H,14-15H2,1-5H3,(H,29,30). The molecule has 1 atom stereocenters. The first kappa shape index (κ1) is 24.8. The molecule has 0 spiro atoms. The van der Waals surface area contributed by atoms with Crippen LogP contribution in [0.4, 0.5) is 0 Å². The number of carbonyl (C=O) groups excluding carboxylic acids is 1. The van der Waals surface area contributed by atoms with Crippen molar-refractivity contribution in [3.63, 3.8) is 0 Å². The van der Waals surface area contributed by atoms with Crippen molar-refractivity contribution in [3.05, 3.63) is 76.5 Å². The molecule has 1 aliphatic heterocycles. The Morgan fingerprint density at radius 1 is 1.03 bits per heavy atom. The minimum atomic E-state index is -3.58. The van der Waals surface area contributed by atoms with Crippen LogP contribution in [0, 0.1) is 13.8 Å². The van der Waals surface area contributed by atoms with Crippen LogP contribution < -0.4 is 5.32 Å². The molecule has 1 unspecified atom stereocenters. The van der Waals surface area contributed by atoms with Gasteiger partial charge >= 0.3 is 5.97 Å². The minimum Gasteiger partial charge on any atom is -0.481 e. The van der Waals surface area contributed by atoms with Gasteiger partial charge in [-0.1, -0.05) is 59.3 Å². The summed E-state index contributed by atoms with van der Waals surface area (Å²) in [6.07, 6.45) is 0.231. The van der Waals surface area contributed by atoms with Crippen molar-refractivity contribution >= 4 is 27.6 Å². The van der Waals surface area contributed by atoms with E-state index in [1.807, 2.05) is 38.1 Å². The molecule has 0 aliphatic carbocycles. The van der Waals surface area contributed by atoms with Gasteiger partial charge in [-0.05, 0) is 57.7 Å². The van der Waals surface area contributed by atoms with Crippen LogP contribution in [0.3, 0.4) is 0 Å². The van der Waals surface area contributed by atoms with Gasteiger partial charge in [0.15, 0.2) is 0 Å². The fourth-order valence-electron chi connectivity index (χ4n) is 4.39. The van der Waals surface area contributed by atoms with Crippen LogP contribution in [-0.2, 0) is 9.59 Å². The van der Waals surface area contributed by atoms with Crippen molar-refractivity contribution < 1.29 is 23.8 Å². The van der Waals surface area contributed by atoms with E-state index in [9.17, 15) is 23.8 Å². The number of aryl methyl sites for hydroxylation is 2. The molecule has 4 N–H and O–H groups in total. The fourth-order valence-corrected chi connectivity index (χ4v) is 6.54. The number of nitrogens with zero attached hydrogens (tertiary/aromatic N) is 1. The van der Waals surface area contributed by atoms with Gasteiger partial charge in [-0.2, -0.15) is 0 Å². The summed E-state index contributed by atoms with van der Waals surface area (Å²) < 4.78 is 23.4. The molecule has 3 rings (SSSR count). The number of benzene rings is 2. The van der Waals surface area contributed by atoms with Crippen molar-refractivity contribution in [1.29, 1.82) is 0 Å². The summed E-state index contributed by atoms with van der Waals surface area (Å²) in [6, 6.07) is 14.5. The number of carboxylic acid groups (broad SMARTS) is 1. The monoisotopic (exact) mass is 472 g/mol. The summed E-state index contributed by atoms with van der Waals surface area (Å²) in [5.41, 5.74) is 2.36. The lowest BCUT2D eigenvalue weighted by Crippen LogP contribution is -2.45. The number of hydrogen-bond donors (Lipinski definition) is 4. The van der Waals surface area contributed by atoms with Gasteiger partial charge in [0.1, 0.15) is 10.6 Å². The number of hydrogen-bond acceptors (Lipinski definition) is 5. The number of nitrogens with one attached hydrogen (secondary N) is 1. The van der Waals surface area contributed by atoms with Crippen molar-refractivity contribution in [2.45, 2.75) is 52.5 Å². The molecule has 0 saturated heterocycles. The first-order valence-corrected chi connectivity index (χ1v) is 12.3. The first-order chi connectivity index (χ1) is 15.4. The average molecular weight is 473 g/mol. The Labute approximate surface area is 196 Å². The van der Waals surface area contributed by atoms with Gasteiger partial charge < -0.3 is 10.4 Å². The summed E-state index contributed by atoms with van der Waals surface area (Å²) in [5.74, 6) is -2.21. The van der Waals surface area contributed by atoms with Crippen molar-refractivity contribution in [1.82, 2.24) is 9.62 Å². The highest BCUT2D eigenvalue weighted by molar-refractivity contribution is 8.31. The molecule has 0 aromatic heterocycles. The van der Waals surface area contributed by atoms with Crippen LogP contribution in [-0.4, -0.2) is 42.5 Å². The first-order valence-electron chi connectivity index (χ1n) is 10.8. The van der Waals surface area contributed by atoms with Crippen molar-refractivity contribution in [2.24, 2.45) is 0 Å². The number of aliphatic carboxylic acids is 1. The summed E-state index contributed by atoms with van der Waals surface area (Å²) in [5, 5.41) is 12.9. The lowest BCUT2D eigenvalue weighted by molar-refractivity contribution is -0.139. The van der Waals surface area contributed by atoms with E-state index < -0.39 is 34.1 Å². The lowest BCUT2D eigenvalue weighted by Gasteiger charge is -2.45. The third kappa shape index (κ3) is 4.78. The van der Waals surface area contributed by atoms with E-state index in [1.165, 1.54) is 0 Å². The second kappa shape index (κ2) is 9.21. The van der Waals surface area contributed by atoms with Gasteiger partial charge in [-0.25, -0.2) is 4.31 Å². The Morgan fingerprint density at radius 3 is 2.12 bits per heavy atom. The average Bonchev–Trinajstić information content (AvgIpc) is 2.91. The molecule has 2 aromatic rings. The molecule has 178 valence electrons. The maximum absolute atomic E-state index is 13.3. The quantitative estimate of drug-likeness (QED) is 0.445. The number of carbonyl (C=O) groups is 2. The normalized spacial score (nSPS) is 17.8. The predicted octanol–water partition coefficient (Wildman–Crippen LogP) is 5.13. The zero-order valence-electron chi connectivity index (χ0n) is 19.6. The third-order valence-electron chi connectivity index (χ3n) is 5.72. The Morgan fingerprint density at radius 2 is 1.61 bits per heavy atom. The third-order valence-corrected chi connectivity index (χ3v) is 7.93. The second-order valence-corrected chi connectivity index (χ2v) is 11.1. The molecule has 33 heavy (non-hydrogen) atoms. The van der Waals surface area contributed by atoms with Crippen LogP contribution >= 0.6 is 10.8 Å². The highest BCUT2D eigenvalue weighted by Crippen LogP contribution is 2.63. The van der Waals surface area contributed by atoms with E-state index >= 15 is 0 Å². The van der Waals surface area contributed by atoms with Gasteiger partial charge in [0, 0.05) is 12.1 Å². The van der Waals surface area contributed by atoms with Gasteiger partial charge in [-0.15, -0.1) is 0 Å². The van der Waals surface area contributed by atoms with Crippen LogP contribution in [0.1, 0.15) is 55.4 Å². The van der Waals surface area contributed by atoms with E-state index in [0.717, 1.165) is 21.0 Å². The molecule has 0 saturated carbocycles. The van der Waals surface area contributed by atoms with E-state index in [4.69, 9.17) is 0 Å². The van der Waals surface area contributed by atoms with Crippen LogP contribution in [0.5, 0.6) is 0 Å². The van der Waals surface area contributed by atoms with Crippen LogP contribution in [0.25, 0.3) is 4.91 Å². The SMILES string of the molecule is Cc1cccc(C)c1C(CCNC1=C(c2ccccc2)S(O)(O)N(C(C)(C)C)C1=O)C(=O)O. The molecule has 1 amide bonds. The Balaban J connectivity index is 1.95. The Kier molecular flexibility index (Phi) is 6.93. The molecule has 0 bridgehead atoms. The molecular formula is C25H32N2O5S. The largest absolute Gasteiger partial charge is 0.481 e. The van der Waals surface area contributed by atoms with E-state index in [2.05, 4.69) is 5.32 Å². The maximum atomic E-state index is 13.3. The maximum Gasteiger partial charge on any atom is 0.311 e. The van der Waals surface area contributed by atoms with E-state index in [0.29, 0.717) is 5.56 Å². The fraction of sp³-hybridized carbons (Fsp3) is 0.360. The minimum absolute atomic E-state index is 0.0989. The number of amides is 1. The summed E-state index contributed by atoms with van der Waals surface area (Å²) >= 11 is 0. The van der Waals surface area contributed by atoms with Gasteiger partial charge in [0.25, 0.3) is 5.91 Å². The predicted molar refractivity (Wildman–Crippen MR) is 132 cm³/mol. The molecule has 2 aromatic carbocycles. The molecule has 7 nitrogen and oxygen atoms in total. The summed E-state index contributed by atoms with van der Waals surface area (Å²) in [7, 11) is -3.58. The zero-order valence-corrected chi connectivity index (χ0v) is 20.4. The summed E-state index contributed by atoms with van der Waals surface area (Å²) in [4.78, 5) is 25.5. The molecule has 8 heteroatoms. The summed E-state index contributed by atoms with van der Waals surface area (Å²) in [6.45, 7) is 9.18. The highest BCUT2D eigenvalue weighted by atomic mass is 32.3. The van der Waals surface area contributed by atoms with Gasteiger partial charge in [0.2, 0.25) is 0 Å². The Bertz CT molecular complexity index is 1070. The molecule has 1 aliphatic rings. The van der Waals surface area contributed by atoms with Crippen molar-refractivity contribution in [2.75, 3.05) is 6.54 Å². The van der Waals surface area contributed by atoms with E-state index in [1.54, 1.807) is 45.0 Å². The molecule has 1 heterocycles. The zero-order chi connectivity index (χ0) is 24.6. The molecular weight excluding hydrogens is 440 g/mol. The van der Waals surface area contributed by atoms with Crippen LogP contribution in [0.15, 0.2) is 54.2 Å². The number of rotatable bonds is 7. The topological polar surface area (TPSA) is 110 Å². The van der Waals surface area contributed by atoms with Crippen LogP contribution in [0.2, 0.25) is 0 Å². The van der Waals surface area contributed by atoms with Gasteiger partial charge in [-0.3, -0.25) is 18.7 Å². The number of carboxylic acids is 1. The van der Waals surface area contributed by atoms with Gasteiger partial charge in [0.05, 0.1) is 11.5 Å². The molecule has 0 fully saturated rings. The van der Waals surface area contributed by atoms with Crippen molar-refractivity contribution in [3.8, 4) is 0 Å². The Hall–Kier alpha value is -2.81. The molecule has 0 radical (unpaired) electrons.